The summed E-state index contributed by atoms with van der Waals surface area (Å²) in [5, 5.41) is 3.26. The van der Waals surface area contributed by atoms with E-state index in [2.05, 4.69) is 24.1 Å². The third kappa shape index (κ3) is 4.27. The maximum absolute atomic E-state index is 5.86. The van der Waals surface area contributed by atoms with E-state index in [1.807, 2.05) is 25.1 Å². The quantitative estimate of drug-likeness (QED) is 0.779. The topological polar surface area (TPSA) is 34.1 Å². The van der Waals surface area contributed by atoms with E-state index in [1.165, 1.54) is 0 Å². The molecule has 1 rings (SSSR count). The van der Waals surface area contributed by atoms with Crippen LogP contribution >= 0.6 is 11.6 Å². The largest absolute Gasteiger partial charge is 0.478 e. The molecule has 4 heteroatoms. The highest BCUT2D eigenvalue weighted by Gasteiger charge is 2.15. The van der Waals surface area contributed by atoms with Gasteiger partial charge in [-0.2, -0.15) is 4.98 Å². The van der Waals surface area contributed by atoms with Crippen LogP contribution < -0.4 is 10.1 Å². The zero-order valence-electron chi connectivity index (χ0n) is 10.1. The first-order valence-corrected chi connectivity index (χ1v) is 6.00. The van der Waals surface area contributed by atoms with Gasteiger partial charge in [0, 0.05) is 18.5 Å². The molecule has 0 aliphatic heterocycles. The van der Waals surface area contributed by atoms with E-state index in [1.54, 1.807) is 0 Å². The van der Waals surface area contributed by atoms with Crippen molar-refractivity contribution in [2.75, 3.05) is 24.3 Å². The number of halogens is 1. The van der Waals surface area contributed by atoms with Crippen molar-refractivity contribution < 1.29 is 4.74 Å². The molecule has 0 aliphatic rings. The van der Waals surface area contributed by atoms with Crippen molar-refractivity contribution in [2.24, 2.45) is 5.41 Å². The number of alkyl halides is 1. The number of ether oxygens (including phenoxy) is 1. The van der Waals surface area contributed by atoms with Gasteiger partial charge in [-0.25, -0.2) is 0 Å². The normalized spacial score (nSPS) is 11.2. The lowest BCUT2D eigenvalue weighted by molar-refractivity contribution is 0.327. The molecule has 1 N–H and O–H groups in total. The van der Waals surface area contributed by atoms with E-state index in [-0.39, 0.29) is 5.41 Å². The summed E-state index contributed by atoms with van der Waals surface area (Å²) < 4.78 is 5.33. The van der Waals surface area contributed by atoms with Crippen LogP contribution in [0, 0.1) is 5.41 Å². The van der Waals surface area contributed by atoms with Crippen LogP contribution in [0.4, 0.5) is 5.82 Å². The SMILES string of the molecule is CCOc1cccc(NCC(C)(C)CCl)n1. The Labute approximate surface area is 102 Å². The average molecular weight is 243 g/mol. The Bertz CT molecular complexity index is 329. The molecular weight excluding hydrogens is 224 g/mol. The van der Waals surface area contributed by atoms with Crippen molar-refractivity contribution in [3.8, 4) is 5.88 Å². The number of rotatable bonds is 6. The summed E-state index contributed by atoms with van der Waals surface area (Å²) >= 11 is 5.86. The number of hydrogen-bond donors (Lipinski definition) is 1. The third-order valence-electron chi connectivity index (χ3n) is 2.13. The molecule has 0 spiro atoms. The maximum Gasteiger partial charge on any atom is 0.215 e. The molecule has 3 nitrogen and oxygen atoms in total. The molecule has 0 amide bonds. The third-order valence-corrected chi connectivity index (χ3v) is 2.85. The summed E-state index contributed by atoms with van der Waals surface area (Å²) in [6.07, 6.45) is 0. The Morgan fingerprint density at radius 1 is 1.44 bits per heavy atom. The Kier molecular flexibility index (Phi) is 4.87. The molecule has 0 unspecified atom stereocenters. The Hall–Kier alpha value is -0.960. The van der Waals surface area contributed by atoms with Crippen LogP contribution in [0.25, 0.3) is 0 Å². The molecule has 1 aromatic heterocycles. The Morgan fingerprint density at radius 2 is 2.19 bits per heavy atom. The fraction of sp³-hybridized carbons (Fsp3) is 0.583. The monoisotopic (exact) mass is 242 g/mol. The van der Waals surface area contributed by atoms with Gasteiger partial charge in [0.25, 0.3) is 0 Å². The van der Waals surface area contributed by atoms with E-state index < -0.39 is 0 Å². The van der Waals surface area contributed by atoms with Crippen molar-refractivity contribution in [3.63, 3.8) is 0 Å². The second-order valence-corrected chi connectivity index (χ2v) is 4.71. The van der Waals surface area contributed by atoms with Crippen molar-refractivity contribution in [1.82, 2.24) is 4.98 Å². The second-order valence-electron chi connectivity index (χ2n) is 4.45. The highest BCUT2D eigenvalue weighted by Crippen LogP contribution is 2.18. The zero-order chi connectivity index (χ0) is 12.0. The highest BCUT2D eigenvalue weighted by molar-refractivity contribution is 6.18. The molecule has 90 valence electrons. The van der Waals surface area contributed by atoms with Gasteiger partial charge in [-0.1, -0.05) is 19.9 Å². The van der Waals surface area contributed by atoms with Gasteiger partial charge in [0.15, 0.2) is 0 Å². The first-order chi connectivity index (χ1) is 7.57. The van der Waals surface area contributed by atoms with Crippen LogP contribution in [0.2, 0.25) is 0 Å². The number of aromatic nitrogens is 1. The van der Waals surface area contributed by atoms with Gasteiger partial charge in [-0.15, -0.1) is 11.6 Å². The van der Waals surface area contributed by atoms with Gasteiger partial charge in [0.05, 0.1) is 6.61 Å². The summed E-state index contributed by atoms with van der Waals surface area (Å²) in [5.74, 6) is 2.09. The first-order valence-electron chi connectivity index (χ1n) is 5.47. The van der Waals surface area contributed by atoms with Crippen molar-refractivity contribution in [1.29, 1.82) is 0 Å². The number of hydrogen-bond acceptors (Lipinski definition) is 3. The Morgan fingerprint density at radius 3 is 2.81 bits per heavy atom. The average Bonchev–Trinajstić information content (AvgIpc) is 2.28. The van der Waals surface area contributed by atoms with Crippen LogP contribution in [-0.4, -0.2) is 24.0 Å². The van der Waals surface area contributed by atoms with Gasteiger partial charge >= 0.3 is 0 Å². The van der Waals surface area contributed by atoms with Crippen LogP contribution in [0.5, 0.6) is 5.88 Å². The maximum atomic E-state index is 5.86. The smallest absolute Gasteiger partial charge is 0.215 e. The van der Waals surface area contributed by atoms with Crippen molar-refractivity contribution in [3.05, 3.63) is 18.2 Å². The van der Waals surface area contributed by atoms with E-state index in [9.17, 15) is 0 Å². The lowest BCUT2D eigenvalue weighted by Crippen LogP contribution is -2.25. The van der Waals surface area contributed by atoms with Gasteiger partial charge in [0.2, 0.25) is 5.88 Å². The van der Waals surface area contributed by atoms with E-state index in [0.717, 1.165) is 12.4 Å². The minimum atomic E-state index is 0.0604. The molecule has 1 aromatic rings. The van der Waals surface area contributed by atoms with Gasteiger partial charge in [-0.3, -0.25) is 0 Å². The molecule has 0 bridgehead atoms. The van der Waals surface area contributed by atoms with Crippen LogP contribution in [-0.2, 0) is 0 Å². The lowest BCUT2D eigenvalue weighted by Gasteiger charge is -2.22. The predicted molar refractivity (Wildman–Crippen MR) is 68.4 cm³/mol. The van der Waals surface area contributed by atoms with Crippen LogP contribution in [0.15, 0.2) is 18.2 Å². The molecule has 0 aliphatic carbocycles. The molecule has 0 saturated heterocycles. The molecule has 0 fully saturated rings. The van der Waals surface area contributed by atoms with E-state index in [4.69, 9.17) is 16.3 Å². The van der Waals surface area contributed by atoms with Gasteiger partial charge < -0.3 is 10.1 Å². The molecule has 0 atom stereocenters. The predicted octanol–water partition coefficient (Wildman–Crippen LogP) is 3.16. The summed E-state index contributed by atoms with van der Waals surface area (Å²) in [6.45, 7) is 7.58. The van der Waals surface area contributed by atoms with Crippen molar-refractivity contribution in [2.45, 2.75) is 20.8 Å². The van der Waals surface area contributed by atoms with E-state index in [0.29, 0.717) is 18.4 Å². The summed E-state index contributed by atoms with van der Waals surface area (Å²) in [4.78, 5) is 4.32. The molecule has 16 heavy (non-hydrogen) atoms. The van der Waals surface area contributed by atoms with Gasteiger partial charge in [0.1, 0.15) is 5.82 Å². The fourth-order valence-electron chi connectivity index (χ4n) is 1.12. The van der Waals surface area contributed by atoms with E-state index >= 15 is 0 Å². The minimum absolute atomic E-state index is 0.0604. The molecule has 0 aromatic carbocycles. The van der Waals surface area contributed by atoms with Crippen LogP contribution in [0.1, 0.15) is 20.8 Å². The molecular formula is C12H19ClN2O. The summed E-state index contributed by atoms with van der Waals surface area (Å²) in [7, 11) is 0. The zero-order valence-corrected chi connectivity index (χ0v) is 10.8. The molecule has 1 heterocycles. The number of pyridine rings is 1. The van der Waals surface area contributed by atoms with Crippen molar-refractivity contribution >= 4 is 17.4 Å². The standard InChI is InChI=1S/C12H19ClN2O/c1-4-16-11-7-5-6-10(15-11)14-9-12(2,3)8-13/h5-7H,4,8-9H2,1-3H3,(H,14,15). The number of anilines is 1. The molecule has 0 radical (unpaired) electrons. The number of nitrogens with zero attached hydrogens (tertiary/aromatic N) is 1. The second kappa shape index (κ2) is 5.94. The highest BCUT2D eigenvalue weighted by atomic mass is 35.5. The Balaban J connectivity index is 2.57. The number of nitrogens with one attached hydrogen (secondary N) is 1. The van der Waals surface area contributed by atoms with Crippen LogP contribution in [0.3, 0.4) is 0 Å². The van der Waals surface area contributed by atoms with Gasteiger partial charge in [-0.05, 0) is 18.4 Å². The summed E-state index contributed by atoms with van der Waals surface area (Å²) in [5.41, 5.74) is 0.0604. The summed E-state index contributed by atoms with van der Waals surface area (Å²) in [6, 6.07) is 5.70. The first kappa shape index (κ1) is 13.1. The fourth-order valence-corrected chi connectivity index (χ4v) is 1.21. The lowest BCUT2D eigenvalue weighted by atomic mass is 9.97. The molecule has 0 saturated carbocycles. The minimum Gasteiger partial charge on any atom is -0.478 e.